The van der Waals surface area contributed by atoms with Gasteiger partial charge in [-0.3, -0.25) is 4.79 Å². The van der Waals surface area contributed by atoms with Crippen molar-refractivity contribution in [3.8, 4) is 0 Å². The van der Waals surface area contributed by atoms with Crippen LogP contribution in [0.4, 0.5) is 0 Å². The van der Waals surface area contributed by atoms with Gasteiger partial charge in [-0.15, -0.1) is 0 Å². The van der Waals surface area contributed by atoms with Crippen LogP contribution in [0.2, 0.25) is 0 Å². The monoisotopic (exact) mass is 1070 g/mol. The topological polar surface area (TPSA) is 228 Å². The van der Waals surface area contributed by atoms with Crippen LogP contribution >= 0.6 is 0 Å². The fourth-order valence-electron chi connectivity index (χ4n) is 9.29. The van der Waals surface area contributed by atoms with Gasteiger partial charge in [-0.25, -0.2) is 0 Å². The van der Waals surface area contributed by atoms with Crippen LogP contribution in [0.25, 0.3) is 0 Å². The van der Waals surface area contributed by atoms with Gasteiger partial charge >= 0.3 is 0 Å². The molecule has 2 heterocycles. The molecule has 12 atom stereocenters. The van der Waals surface area contributed by atoms with Crippen molar-refractivity contribution in [1.29, 1.82) is 0 Å². The molecular formula is C62H107NO13. The predicted molar refractivity (Wildman–Crippen MR) is 304 cm³/mol. The van der Waals surface area contributed by atoms with Crippen LogP contribution in [0, 0.1) is 0 Å². The number of carbonyl (C=O) groups is 1. The molecule has 0 radical (unpaired) electrons. The molecule has 438 valence electrons. The van der Waals surface area contributed by atoms with Gasteiger partial charge in [0.15, 0.2) is 12.6 Å². The number of rotatable bonds is 46. The quantitative estimate of drug-likeness (QED) is 0.0205. The van der Waals surface area contributed by atoms with Crippen molar-refractivity contribution in [3.05, 3.63) is 85.1 Å². The second kappa shape index (κ2) is 47.0. The number of hydrogen-bond acceptors (Lipinski definition) is 13. The lowest BCUT2D eigenvalue weighted by Gasteiger charge is -2.46. The molecule has 0 bridgehead atoms. The molecule has 0 spiro atoms. The largest absolute Gasteiger partial charge is 0.394 e. The Balaban J connectivity index is 1.51. The summed E-state index contributed by atoms with van der Waals surface area (Å²) >= 11 is 0. The van der Waals surface area contributed by atoms with Gasteiger partial charge in [0.2, 0.25) is 5.91 Å². The lowest BCUT2D eigenvalue weighted by Crippen LogP contribution is -2.65. The summed E-state index contributed by atoms with van der Waals surface area (Å²) in [5, 5.41) is 86.4. The average Bonchev–Trinajstić information content (AvgIpc) is 3.42. The number of aliphatic hydroxyl groups excluding tert-OH is 8. The molecule has 1 amide bonds. The third kappa shape index (κ3) is 32.3. The molecule has 2 aliphatic rings. The molecule has 0 aromatic rings. The Morgan fingerprint density at radius 1 is 0.487 bits per heavy atom. The number of ether oxygens (including phenoxy) is 4. The van der Waals surface area contributed by atoms with Gasteiger partial charge in [0.05, 0.1) is 32.0 Å². The maximum absolute atomic E-state index is 13.1. The van der Waals surface area contributed by atoms with E-state index in [2.05, 4.69) is 92.1 Å². The fraction of sp³-hybridized carbons (Fsp3) is 0.758. The van der Waals surface area contributed by atoms with Crippen LogP contribution in [-0.4, -0.2) is 140 Å². The summed E-state index contributed by atoms with van der Waals surface area (Å²) in [4.78, 5) is 13.1. The van der Waals surface area contributed by atoms with Gasteiger partial charge in [0.25, 0.3) is 0 Å². The van der Waals surface area contributed by atoms with E-state index in [1.54, 1.807) is 6.08 Å². The number of unbranched alkanes of at least 4 members (excludes halogenated alkanes) is 21. The zero-order chi connectivity index (χ0) is 55.3. The summed E-state index contributed by atoms with van der Waals surface area (Å²) in [5.74, 6) is -0.248. The first-order valence-corrected chi connectivity index (χ1v) is 29.8. The first-order valence-electron chi connectivity index (χ1n) is 29.8. The molecule has 9 N–H and O–H groups in total. The van der Waals surface area contributed by atoms with E-state index in [-0.39, 0.29) is 18.9 Å². The number of hydrogen-bond donors (Lipinski definition) is 9. The summed E-state index contributed by atoms with van der Waals surface area (Å²) in [7, 11) is 0. The van der Waals surface area contributed by atoms with Crippen molar-refractivity contribution in [3.63, 3.8) is 0 Å². The number of carbonyl (C=O) groups excluding carboxylic acids is 1. The van der Waals surface area contributed by atoms with Crippen molar-refractivity contribution in [1.82, 2.24) is 5.32 Å². The van der Waals surface area contributed by atoms with E-state index in [4.69, 9.17) is 18.9 Å². The van der Waals surface area contributed by atoms with Crippen molar-refractivity contribution >= 4 is 5.91 Å². The summed E-state index contributed by atoms with van der Waals surface area (Å²) in [6.45, 7) is 2.54. The first-order chi connectivity index (χ1) is 37.1. The van der Waals surface area contributed by atoms with Gasteiger partial charge in [-0.1, -0.05) is 214 Å². The molecule has 0 aromatic heterocycles. The fourth-order valence-corrected chi connectivity index (χ4v) is 9.29. The minimum Gasteiger partial charge on any atom is -0.394 e. The Hall–Kier alpha value is -2.83. The minimum absolute atomic E-state index is 0.248. The highest BCUT2D eigenvalue weighted by Crippen LogP contribution is 2.30. The zero-order valence-corrected chi connectivity index (χ0v) is 47.0. The Morgan fingerprint density at radius 3 is 1.39 bits per heavy atom. The number of aliphatic hydroxyl groups is 8. The van der Waals surface area contributed by atoms with Crippen LogP contribution in [-0.2, 0) is 23.7 Å². The Bertz CT molecular complexity index is 1600. The van der Waals surface area contributed by atoms with E-state index in [0.717, 1.165) is 83.5 Å². The maximum atomic E-state index is 13.1. The van der Waals surface area contributed by atoms with Crippen LogP contribution in [0.3, 0.4) is 0 Å². The normalized spacial score (nSPS) is 25.5. The molecular weight excluding hydrogens is 967 g/mol. The van der Waals surface area contributed by atoms with Crippen LogP contribution < -0.4 is 5.32 Å². The summed E-state index contributed by atoms with van der Waals surface area (Å²) in [5.41, 5.74) is 0. The smallest absolute Gasteiger partial charge is 0.220 e. The number of allylic oxidation sites excluding steroid dienone is 13. The van der Waals surface area contributed by atoms with E-state index in [1.807, 2.05) is 6.08 Å². The second-order valence-electron chi connectivity index (χ2n) is 20.7. The van der Waals surface area contributed by atoms with Gasteiger partial charge in [-0.05, 0) is 70.6 Å². The maximum Gasteiger partial charge on any atom is 0.220 e. The summed E-state index contributed by atoms with van der Waals surface area (Å²) in [6, 6.07) is -0.912. The molecule has 0 aromatic carbocycles. The minimum atomic E-state index is -1.79. The standard InChI is InChI=1S/C62H107NO13/c1-3-5-7-9-10-11-12-13-14-15-16-17-18-19-20-21-22-23-24-25-26-27-28-29-30-31-32-33-34-35-36-37-38-39-40-42-44-46-54(67)63-50(51(66)45-43-41-8-6-4-2)49-73-61-59(72)57(70)60(53(48-65)75-61)76-62-58(71)56(69)55(68)52(47-64)74-62/h5,7,10-11,13-14,16-17,19-20,22-23,43,45,50-53,55-62,64-66,68-72H,3-4,6,8-9,12,15,18,21,24-42,44,46-49H2,1-2H3,(H,63,67)/b7-5-,11-10-,14-13-,17-16-,20-19-,23-22-,45-43+. The third-order valence-electron chi connectivity index (χ3n) is 14.1. The Labute approximate surface area is 459 Å². The first kappa shape index (κ1) is 69.3. The third-order valence-corrected chi connectivity index (χ3v) is 14.1. The van der Waals surface area contributed by atoms with E-state index in [9.17, 15) is 45.6 Å². The van der Waals surface area contributed by atoms with Crippen molar-refractivity contribution in [2.24, 2.45) is 0 Å². The summed E-state index contributed by atoms with van der Waals surface area (Å²) in [6.07, 6.45) is 47.2. The van der Waals surface area contributed by atoms with E-state index >= 15 is 0 Å². The highest BCUT2D eigenvalue weighted by Gasteiger charge is 2.51. The molecule has 2 fully saturated rings. The lowest BCUT2D eigenvalue weighted by atomic mass is 9.97. The zero-order valence-electron chi connectivity index (χ0n) is 47.0. The average molecular weight is 1070 g/mol. The molecule has 2 rings (SSSR count). The SMILES string of the molecule is CC/C=C\C/C=C\C/C=C\C/C=C\C/C=C\C/C=C\CCCCCCCCCCCCCCCCCCCCC(=O)NC(COC1OC(CO)C(OC2OC(CO)C(O)C(O)C2O)C(O)C1O)C(O)/C=C/CCCCC. The molecule has 0 aliphatic carbocycles. The molecule has 14 nitrogen and oxygen atoms in total. The van der Waals surface area contributed by atoms with Crippen LogP contribution in [0.1, 0.15) is 206 Å². The lowest BCUT2D eigenvalue weighted by molar-refractivity contribution is -0.359. The molecule has 0 saturated carbocycles. The second-order valence-corrected chi connectivity index (χ2v) is 20.7. The van der Waals surface area contributed by atoms with Gasteiger partial charge in [0.1, 0.15) is 48.8 Å². The highest BCUT2D eigenvalue weighted by molar-refractivity contribution is 5.76. The van der Waals surface area contributed by atoms with Gasteiger partial charge < -0.3 is 65.1 Å². The highest BCUT2D eigenvalue weighted by atomic mass is 16.7. The molecule has 14 heteroatoms. The van der Waals surface area contributed by atoms with Crippen molar-refractivity contribution < 1.29 is 64.6 Å². The number of amides is 1. The van der Waals surface area contributed by atoms with E-state index < -0.39 is 86.8 Å². The predicted octanol–water partition coefficient (Wildman–Crippen LogP) is 10.1. The van der Waals surface area contributed by atoms with E-state index in [1.165, 1.54) is 96.3 Å². The van der Waals surface area contributed by atoms with Crippen molar-refractivity contribution in [2.75, 3.05) is 19.8 Å². The van der Waals surface area contributed by atoms with Gasteiger partial charge in [0, 0.05) is 6.42 Å². The molecule has 2 saturated heterocycles. The Kier molecular flexibility index (Phi) is 42.9. The van der Waals surface area contributed by atoms with E-state index in [0.29, 0.717) is 6.42 Å². The summed E-state index contributed by atoms with van der Waals surface area (Å²) < 4.78 is 22.6. The van der Waals surface area contributed by atoms with Crippen molar-refractivity contribution in [2.45, 2.75) is 280 Å². The molecule has 12 unspecified atom stereocenters. The van der Waals surface area contributed by atoms with Crippen LogP contribution in [0.5, 0.6) is 0 Å². The molecule has 76 heavy (non-hydrogen) atoms. The molecule has 2 aliphatic heterocycles. The number of nitrogens with one attached hydrogen (secondary N) is 1. The van der Waals surface area contributed by atoms with Crippen LogP contribution in [0.15, 0.2) is 85.1 Å². The Morgan fingerprint density at radius 2 is 0.908 bits per heavy atom. The van der Waals surface area contributed by atoms with Gasteiger partial charge in [-0.2, -0.15) is 0 Å².